The molecular weight excluding hydrogens is 264 g/mol. The molecule has 4 nitrogen and oxygen atoms in total. The normalized spacial score (nSPS) is 18.4. The monoisotopic (exact) mass is 292 g/mol. The quantitative estimate of drug-likeness (QED) is 0.746. The molecule has 1 saturated heterocycles. The Kier molecular flexibility index (Phi) is 10.3. The Balaban J connectivity index is 0.00000324. The molecule has 114 valence electrons. The summed E-state index contributed by atoms with van der Waals surface area (Å²) in [5.41, 5.74) is 0. The molecule has 1 aliphatic heterocycles. The lowest BCUT2D eigenvalue weighted by molar-refractivity contribution is -0.135. The van der Waals surface area contributed by atoms with E-state index in [1.54, 1.807) is 7.11 Å². The highest BCUT2D eigenvalue weighted by molar-refractivity contribution is 5.85. The molecule has 0 aliphatic carbocycles. The van der Waals surface area contributed by atoms with Gasteiger partial charge in [-0.15, -0.1) is 12.4 Å². The van der Waals surface area contributed by atoms with E-state index in [0.29, 0.717) is 31.7 Å². The van der Waals surface area contributed by atoms with Gasteiger partial charge in [-0.1, -0.05) is 13.8 Å². The van der Waals surface area contributed by atoms with Gasteiger partial charge in [0, 0.05) is 32.2 Å². The zero-order valence-corrected chi connectivity index (χ0v) is 13.3. The van der Waals surface area contributed by atoms with Crippen molar-refractivity contribution in [3.8, 4) is 0 Å². The number of amides is 1. The molecule has 0 aromatic carbocycles. The standard InChI is InChI=1S/C14H28N2O2.ClH/c1-4-13(5-2)16(9-10-18-3)14(17)11-12-7-6-8-15-12;/h12-13,15H,4-11H2,1-3H3;1H. The van der Waals surface area contributed by atoms with Gasteiger partial charge in [-0.05, 0) is 32.2 Å². The minimum Gasteiger partial charge on any atom is -0.383 e. The first-order chi connectivity index (χ1) is 8.72. The second-order valence-corrected chi connectivity index (χ2v) is 5.05. The summed E-state index contributed by atoms with van der Waals surface area (Å²) in [4.78, 5) is 14.4. The summed E-state index contributed by atoms with van der Waals surface area (Å²) in [6.07, 6.45) is 5.00. The van der Waals surface area contributed by atoms with Crippen LogP contribution >= 0.6 is 12.4 Å². The van der Waals surface area contributed by atoms with E-state index in [0.717, 1.165) is 25.8 Å². The van der Waals surface area contributed by atoms with E-state index < -0.39 is 0 Å². The van der Waals surface area contributed by atoms with Gasteiger partial charge in [0.2, 0.25) is 5.91 Å². The van der Waals surface area contributed by atoms with Crippen LogP contribution in [0.1, 0.15) is 46.0 Å². The van der Waals surface area contributed by atoms with Crippen molar-refractivity contribution in [2.75, 3.05) is 26.8 Å². The van der Waals surface area contributed by atoms with Crippen LogP contribution in [0.5, 0.6) is 0 Å². The van der Waals surface area contributed by atoms with Crippen LogP contribution < -0.4 is 5.32 Å². The number of hydrogen-bond donors (Lipinski definition) is 1. The Hall–Kier alpha value is -0.320. The van der Waals surface area contributed by atoms with Gasteiger partial charge < -0.3 is 15.0 Å². The van der Waals surface area contributed by atoms with Crippen LogP contribution in [0, 0.1) is 0 Å². The first-order valence-electron chi connectivity index (χ1n) is 7.24. The van der Waals surface area contributed by atoms with Crippen LogP contribution in [-0.2, 0) is 9.53 Å². The highest BCUT2D eigenvalue weighted by Crippen LogP contribution is 2.15. The van der Waals surface area contributed by atoms with Gasteiger partial charge in [0.05, 0.1) is 6.61 Å². The van der Waals surface area contributed by atoms with Crippen molar-refractivity contribution in [1.29, 1.82) is 0 Å². The lowest BCUT2D eigenvalue weighted by Gasteiger charge is -2.31. The maximum absolute atomic E-state index is 12.4. The molecule has 5 heteroatoms. The Morgan fingerprint density at radius 2 is 2.11 bits per heavy atom. The summed E-state index contributed by atoms with van der Waals surface area (Å²) >= 11 is 0. The average Bonchev–Trinajstić information content (AvgIpc) is 2.87. The largest absolute Gasteiger partial charge is 0.383 e. The maximum atomic E-state index is 12.4. The third kappa shape index (κ3) is 6.11. The Labute approximate surface area is 123 Å². The molecule has 0 saturated carbocycles. The fourth-order valence-corrected chi connectivity index (χ4v) is 2.69. The molecule has 0 aromatic rings. The van der Waals surface area contributed by atoms with Crippen LogP contribution in [0.3, 0.4) is 0 Å². The second-order valence-electron chi connectivity index (χ2n) is 5.05. The van der Waals surface area contributed by atoms with Crippen molar-refractivity contribution in [1.82, 2.24) is 10.2 Å². The summed E-state index contributed by atoms with van der Waals surface area (Å²) in [6, 6.07) is 0.742. The molecule has 1 atom stereocenters. The van der Waals surface area contributed by atoms with E-state index in [1.807, 2.05) is 4.90 Å². The number of nitrogens with zero attached hydrogens (tertiary/aromatic N) is 1. The second kappa shape index (κ2) is 10.5. The van der Waals surface area contributed by atoms with E-state index >= 15 is 0 Å². The minimum atomic E-state index is 0. The number of halogens is 1. The topological polar surface area (TPSA) is 41.6 Å². The van der Waals surface area contributed by atoms with Crippen LogP contribution in [0.2, 0.25) is 0 Å². The van der Waals surface area contributed by atoms with Crippen molar-refractivity contribution in [2.45, 2.75) is 58.0 Å². The van der Waals surface area contributed by atoms with Gasteiger partial charge in [0.1, 0.15) is 0 Å². The molecule has 1 amide bonds. The lowest BCUT2D eigenvalue weighted by Crippen LogP contribution is -2.43. The molecule has 0 spiro atoms. The average molecular weight is 293 g/mol. The molecular formula is C14H29ClN2O2. The van der Waals surface area contributed by atoms with Gasteiger partial charge in [-0.25, -0.2) is 0 Å². The summed E-state index contributed by atoms with van der Waals surface area (Å²) in [7, 11) is 1.69. The van der Waals surface area contributed by atoms with Crippen molar-refractivity contribution < 1.29 is 9.53 Å². The van der Waals surface area contributed by atoms with Gasteiger partial charge >= 0.3 is 0 Å². The molecule has 0 aromatic heterocycles. The van der Waals surface area contributed by atoms with E-state index in [1.165, 1.54) is 6.42 Å². The van der Waals surface area contributed by atoms with Crippen molar-refractivity contribution in [2.24, 2.45) is 0 Å². The van der Waals surface area contributed by atoms with Crippen LogP contribution in [0.15, 0.2) is 0 Å². The Bertz CT molecular complexity index is 242. The number of hydrogen-bond acceptors (Lipinski definition) is 3. The van der Waals surface area contributed by atoms with Crippen LogP contribution in [0.4, 0.5) is 0 Å². The number of ether oxygens (including phenoxy) is 1. The maximum Gasteiger partial charge on any atom is 0.224 e. The number of carbonyl (C=O) groups is 1. The van der Waals surface area contributed by atoms with Crippen molar-refractivity contribution in [3.63, 3.8) is 0 Å². The van der Waals surface area contributed by atoms with Gasteiger partial charge in [-0.3, -0.25) is 4.79 Å². The van der Waals surface area contributed by atoms with Gasteiger partial charge in [0.15, 0.2) is 0 Å². The molecule has 1 unspecified atom stereocenters. The molecule has 0 radical (unpaired) electrons. The first kappa shape index (κ1) is 18.7. The SMILES string of the molecule is CCC(CC)N(CCOC)C(=O)CC1CCCN1.Cl. The van der Waals surface area contributed by atoms with Crippen molar-refractivity contribution in [3.05, 3.63) is 0 Å². The predicted octanol–water partition coefficient (Wildman–Crippen LogP) is 2.21. The number of methoxy groups -OCH3 is 1. The molecule has 1 rings (SSSR count). The zero-order chi connectivity index (χ0) is 13.4. The fraction of sp³-hybridized carbons (Fsp3) is 0.929. The van der Waals surface area contributed by atoms with Gasteiger partial charge in [-0.2, -0.15) is 0 Å². The molecule has 1 N–H and O–H groups in total. The van der Waals surface area contributed by atoms with E-state index in [-0.39, 0.29) is 18.3 Å². The summed E-state index contributed by atoms with van der Waals surface area (Å²) in [5.74, 6) is 0.278. The molecule has 0 bridgehead atoms. The summed E-state index contributed by atoms with van der Waals surface area (Å²) < 4.78 is 5.12. The zero-order valence-electron chi connectivity index (χ0n) is 12.5. The first-order valence-corrected chi connectivity index (χ1v) is 7.24. The third-order valence-corrected chi connectivity index (χ3v) is 3.82. The molecule has 19 heavy (non-hydrogen) atoms. The van der Waals surface area contributed by atoms with E-state index in [4.69, 9.17) is 4.74 Å². The number of carbonyl (C=O) groups excluding carboxylic acids is 1. The molecule has 1 fully saturated rings. The Morgan fingerprint density at radius 3 is 2.58 bits per heavy atom. The summed E-state index contributed by atoms with van der Waals surface area (Å²) in [6.45, 7) is 6.69. The third-order valence-electron chi connectivity index (χ3n) is 3.82. The Morgan fingerprint density at radius 1 is 1.42 bits per heavy atom. The van der Waals surface area contributed by atoms with Crippen LogP contribution in [0.25, 0.3) is 0 Å². The summed E-state index contributed by atoms with van der Waals surface area (Å²) in [5, 5.41) is 3.39. The van der Waals surface area contributed by atoms with Crippen LogP contribution in [-0.4, -0.2) is 49.7 Å². The lowest BCUT2D eigenvalue weighted by atomic mass is 10.1. The number of nitrogens with one attached hydrogen (secondary N) is 1. The number of rotatable bonds is 8. The van der Waals surface area contributed by atoms with Gasteiger partial charge in [0.25, 0.3) is 0 Å². The smallest absolute Gasteiger partial charge is 0.224 e. The minimum absolute atomic E-state index is 0. The van der Waals surface area contributed by atoms with Crippen molar-refractivity contribution >= 4 is 18.3 Å². The highest BCUT2D eigenvalue weighted by atomic mass is 35.5. The highest BCUT2D eigenvalue weighted by Gasteiger charge is 2.25. The fourth-order valence-electron chi connectivity index (χ4n) is 2.69. The van der Waals surface area contributed by atoms with E-state index in [9.17, 15) is 4.79 Å². The molecule has 1 aliphatic rings. The van der Waals surface area contributed by atoms with E-state index in [2.05, 4.69) is 19.2 Å². The predicted molar refractivity (Wildman–Crippen MR) is 80.8 cm³/mol. The molecule has 1 heterocycles.